The molecule has 2 aromatic carbocycles. The second kappa shape index (κ2) is 9.47. The molecule has 0 aliphatic rings. The van der Waals surface area contributed by atoms with E-state index in [4.69, 9.17) is 14.2 Å². The fourth-order valence-electron chi connectivity index (χ4n) is 2.15. The van der Waals surface area contributed by atoms with Crippen molar-refractivity contribution in [3.8, 4) is 17.2 Å². The molecule has 0 bridgehead atoms. The van der Waals surface area contributed by atoms with Crippen LogP contribution in [-0.2, 0) is 0 Å². The number of benzene rings is 2. The molecule has 0 fully saturated rings. The molecule has 8 heteroatoms. The zero-order valence-electron chi connectivity index (χ0n) is 14.5. The molecule has 0 spiro atoms. The lowest BCUT2D eigenvalue weighted by Gasteiger charge is -2.17. The Balaban J connectivity index is 1.82. The van der Waals surface area contributed by atoms with Gasteiger partial charge < -0.3 is 30.0 Å². The first-order valence-electron chi connectivity index (χ1n) is 7.85. The van der Waals surface area contributed by atoms with Gasteiger partial charge in [0.25, 0.3) is 0 Å². The van der Waals surface area contributed by atoms with Gasteiger partial charge in [-0.2, -0.15) is 0 Å². The zero-order valence-corrected chi connectivity index (χ0v) is 14.5. The molecule has 0 aromatic heterocycles. The summed E-state index contributed by atoms with van der Waals surface area (Å²) in [6.07, 6.45) is -0.970. The van der Waals surface area contributed by atoms with E-state index in [1.807, 2.05) is 0 Å². The quantitative estimate of drug-likeness (QED) is 0.669. The summed E-state index contributed by atoms with van der Waals surface area (Å²) in [5.74, 6) is 0.837. The van der Waals surface area contributed by atoms with Crippen molar-refractivity contribution in [3.05, 3.63) is 48.3 Å². The highest BCUT2D eigenvalue weighted by atomic mass is 19.1. The predicted molar refractivity (Wildman–Crippen MR) is 94.5 cm³/mol. The van der Waals surface area contributed by atoms with Crippen LogP contribution in [0.5, 0.6) is 17.2 Å². The number of ether oxygens (including phenoxy) is 3. The molecule has 0 radical (unpaired) electrons. The van der Waals surface area contributed by atoms with Crippen LogP contribution in [0.3, 0.4) is 0 Å². The van der Waals surface area contributed by atoms with Crippen molar-refractivity contribution < 1.29 is 28.5 Å². The van der Waals surface area contributed by atoms with E-state index >= 15 is 0 Å². The number of carbonyl (C=O) groups is 1. The molecule has 1 atom stereocenters. The normalized spacial score (nSPS) is 11.4. The number of halogens is 1. The first kappa shape index (κ1) is 19.3. The first-order chi connectivity index (χ1) is 12.5. The lowest BCUT2D eigenvalue weighted by molar-refractivity contribution is 0.105. The number of hydrogen-bond donors (Lipinski definition) is 3. The van der Waals surface area contributed by atoms with Gasteiger partial charge in [0.1, 0.15) is 18.5 Å². The molecule has 2 rings (SSSR count). The number of carbonyl (C=O) groups excluding carboxylic acids is 1. The minimum absolute atomic E-state index is 0.0569. The van der Waals surface area contributed by atoms with Gasteiger partial charge in [0.05, 0.1) is 14.2 Å². The number of amides is 2. The Bertz CT molecular complexity index is 719. The van der Waals surface area contributed by atoms with Crippen molar-refractivity contribution in [2.75, 3.05) is 32.7 Å². The number of nitrogens with one attached hydrogen (secondary N) is 2. The highest BCUT2D eigenvalue weighted by Gasteiger charge is 2.14. The number of aliphatic hydroxyl groups excluding tert-OH is 1. The SMILES string of the molecule is COc1cccc(OC)c1OCC(O)CNC(=O)Nc1cccc(F)c1. The minimum atomic E-state index is -0.970. The average molecular weight is 364 g/mol. The van der Waals surface area contributed by atoms with Crippen molar-refractivity contribution in [2.24, 2.45) is 0 Å². The largest absolute Gasteiger partial charge is 0.493 e. The fourth-order valence-corrected chi connectivity index (χ4v) is 2.15. The van der Waals surface area contributed by atoms with E-state index in [2.05, 4.69) is 10.6 Å². The Morgan fingerprint density at radius 2 is 1.81 bits per heavy atom. The molecule has 140 valence electrons. The maximum absolute atomic E-state index is 13.1. The van der Waals surface area contributed by atoms with Crippen molar-refractivity contribution >= 4 is 11.7 Å². The van der Waals surface area contributed by atoms with E-state index in [0.29, 0.717) is 22.9 Å². The summed E-state index contributed by atoms with van der Waals surface area (Å²) in [4.78, 5) is 11.8. The molecule has 0 saturated heterocycles. The Hall–Kier alpha value is -3.00. The molecule has 0 aliphatic carbocycles. The lowest BCUT2D eigenvalue weighted by atomic mass is 10.3. The molecule has 0 aliphatic heterocycles. The van der Waals surface area contributed by atoms with Crippen LogP contribution < -0.4 is 24.8 Å². The molecule has 2 amide bonds. The van der Waals surface area contributed by atoms with Gasteiger partial charge in [0.15, 0.2) is 11.5 Å². The van der Waals surface area contributed by atoms with Crippen molar-refractivity contribution in [3.63, 3.8) is 0 Å². The number of urea groups is 1. The summed E-state index contributed by atoms with van der Waals surface area (Å²) in [7, 11) is 2.99. The van der Waals surface area contributed by atoms with Crippen LogP contribution in [0.25, 0.3) is 0 Å². The van der Waals surface area contributed by atoms with E-state index in [1.165, 1.54) is 32.4 Å². The predicted octanol–water partition coefficient (Wildman–Crippen LogP) is 2.40. The molecule has 3 N–H and O–H groups in total. The Labute approximate surface area is 150 Å². The van der Waals surface area contributed by atoms with Gasteiger partial charge in [-0.05, 0) is 30.3 Å². The standard InChI is InChI=1S/C18H21FN2O5/c1-24-15-7-4-8-16(25-2)17(15)26-11-14(22)10-20-18(23)21-13-6-3-5-12(19)9-13/h3-9,14,22H,10-11H2,1-2H3,(H2,20,21,23). The third-order valence-electron chi connectivity index (χ3n) is 3.38. The second-order valence-corrected chi connectivity index (χ2v) is 5.30. The number of aliphatic hydroxyl groups is 1. The van der Waals surface area contributed by atoms with Gasteiger partial charge in [0, 0.05) is 12.2 Å². The average Bonchev–Trinajstić information content (AvgIpc) is 2.64. The molecule has 0 saturated carbocycles. The molecule has 7 nitrogen and oxygen atoms in total. The second-order valence-electron chi connectivity index (χ2n) is 5.30. The van der Waals surface area contributed by atoms with E-state index in [9.17, 15) is 14.3 Å². The lowest BCUT2D eigenvalue weighted by Crippen LogP contribution is -2.37. The van der Waals surface area contributed by atoms with Crippen LogP contribution in [0.2, 0.25) is 0 Å². The van der Waals surface area contributed by atoms with Gasteiger partial charge in [-0.3, -0.25) is 0 Å². The molecule has 26 heavy (non-hydrogen) atoms. The van der Waals surface area contributed by atoms with Crippen LogP contribution in [0.4, 0.5) is 14.9 Å². The summed E-state index contributed by atoms with van der Waals surface area (Å²) < 4.78 is 29.0. The van der Waals surface area contributed by atoms with Crippen LogP contribution in [-0.4, -0.2) is 44.6 Å². The first-order valence-corrected chi connectivity index (χ1v) is 7.85. The van der Waals surface area contributed by atoms with E-state index in [1.54, 1.807) is 24.3 Å². The summed E-state index contributed by atoms with van der Waals surface area (Å²) in [5.41, 5.74) is 0.312. The van der Waals surface area contributed by atoms with Gasteiger partial charge in [-0.25, -0.2) is 9.18 Å². The zero-order chi connectivity index (χ0) is 18.9. The van der Waals surface area contributed by atoms with Gasteiger partial charge in [-0.1, -0.05) is 12.1 Å². The van der Waals surface area contributed by atoms with E-state index in [-0.39, 0.29) is 13.2 Å². The number of hydrogen-bond acceptors (Lipinski definition) is 5. The van der Waals surface area contributed by atoms with Gasteiger partial charge in [0.2, 0.25) is 5.75 Å². The molecular formula is C18H21FN2O5. The van der Waals surface area contributed by atoms with Crippen LogP contribution >= 0.6 is 0 Å². The Morgan fingerprint density at radius 1 is 1.15 bits per heavy atom. The summed E-state index contributed by atoms with van der Waals surface area (Å²) in [5, 5.41) is 14.9. The maximum atomic E-state index is 13.1. The third kappa shape index (κ3) is 5.52. The minimum Gasteiger partial charge on any atom is -0.493 e. The van der Waals surface area contributed by atoms with Gasteiger partial charge >= 0.3 is 6.03 Å². The highest BCUT2D eigenvalue weighted by Crippen LogP contribution is 2.36. The topological polar surface area (TPSA) is 89.1 Å². The molecular weight excluding hydrogens is 343 g/mol. The smallest absolute Gasteiger partial charge is 0.319 e. The molecule has 0 heterocycles. The van der Waals surface area contributed by atoms with Crippen molar-refractivity contribution in [1.82, 2.24) is 5.32 Å². The number of para-hydroxylation sites is 1. The van der Waals surface area contributed by atoms with E-state index in [0.717, 1.165) is 0 Å². The summed E-state index contributed by atoms with van der Waals surface area (Å²) in [6.45, 7) is -0.143. The fraction of sp³-hybridized carbons (Fsp3) is 0.278. The monoisotopic (exact) mass is 364 g/mol. The maximum Gasteiger partial charge on any atom is 0.319 e. The van der Waals surface area contributed by atoms with Crippen molar-refractivity contribution in [1.29, 1.82) is 0 Å². The summed E-state index contributed by atoms with van der Waals surface area (Å²) >= 11 is 0. The van der Waals surface area contributed by atoms with Crippen LogP contribution in [0.1, 0.15) is 0 Å². The number of anilines is 1. The third-order valence-corrected chi connectivity index (χ3v) is 3.38. The van der Waals surface area contributed by atoms with Crippen LogP contribution in [0.15, 0.2) is 42.5 Å². The van der Waals surface area contributed by atoms with Gasteiger partial charge in [-0.15, -0.1) is 0 Å². The summed E-state index contributed by atoms with van der Waals surface area (Å²) in [6, 6.07) is 10.1. The molecule has 1 unspecified atom stereocenters. The Kier molecular flexibility index (Phi) is 7.04. The van der Waals surface area contributed by atoms with E-state index < -0.39 is 18.0 Å². The van der Waals surface area contributed by atoms with Crippen LogP contribution in [0, 0.1) is 5.82 Å². The Morgan fingerprint density at radius 3 is 2.42 bits per heavy atom. The number of methoxy groups -OCH3 is 2. The molecule has 2 aromatic rings. The highest BCUT2D eigenvalue weighted by molar-refractivity contribution is 5.89. The number of rotatable bonds is 8. The van der Waals surface area contributed by atoms with Crippen molar-refractivity contribution in [2.45, 2.75) is 6.10 Å².